The molecule has 1 aromatic carbocycles. The largest absolute Gasteiger partial charge is 0.304 e. The van der Waals surface area contributed by atoms with Crippen LogP contribution in [0.1, 0.15) is 60.9 Å². The van der Waals surface area contributed by atoms with Gasteiger partial charge < -0.3 is 5.32 Å². The standard InChI is InChI=1S/C18H27N3/c1-7-21-16(6)18(15(5)20-21)14(4)19-13(3)17-10-8-12(2)9-11-17/h8-11,13-14,19H,7H2,1-6H3. The van der Waals surface area contributed by atoms with Crippen LogP contribution in [-0.4, -0.2) is 9.78 Å². The van der Waals surface area contributed by atoms with Gasteiger partial charge in [-0.15, -0.1) is 0 Å². The fourth-order valence-electron chi connectivity index (χ4n) is 3.06. The van der Waals surface area contributed by atoms with E-state index < -0.39 is 0 Å². The molecular weight excluding hydrogens is 258 g/mol. The van der Waals surface area contributed by atoms with Crippen LogP contribution in [0.4, 0.5) is 0 Å². The summed E-state index contributed by atoms with van der Waals surface area (Å²) in [6, 6.07) is 9.36. The molecule has 2 unspecified atom stereocenters. The normalized spacial score (nSPS) is 14.2. The third kappa shape index (κ3) is 3.35. The van der Waals surface area contributed by atoms with E-state index in [0.29, 0.717) is 12.1 Å². The van der Waals surface area contributed by atoms with Crippen LogP contribution in [-0.2, 0) is 6.54 Å². The third-order valence-electron chi connectivity index (χ3n) is 4.25. The summed E-state index contributed by atoms with van der Waals surface area (Å²) in [4.78, 5) is 0. The lowest BCUT2D eigenvalue weighted by Gasteiger charge is -2.21. The molecular formula is C18H27N3. The van der Waals surface area contributed by atoms with Gasteiger partial charge in [0, 0.05) is 29.9 Å². The molecule has 1 N–H and O–H groups in total. The zero-order valence-corrected chi connectivity index (χ0v) is 14.1. The van der Waals surface area contributed by atoms with Crippen LogP contribution in [0, 0.1) is 20.8 Å². The average Bonchev–Trinajstić information content (AvgIpc) is 2.73. The summed E-state index contributed by atoms with van der Waals surface area (Å²) < 4.78 is 2.08. The summed E-state index contributed by atoms with van der Waals surface area (Å²) in [5, 5.41) is 8.32. The topological polar surface area (TPSA) is 29.9 Å². The van der Waals surface area contributed by atoms with Crippen molar-refractivity contribution in [3.05, 3.63) is 52.3 Å². The number of rotatable bonds is 5. The van der Waals surface area contributed by atoms with E-state index in [1.165, 1.54) is 22.4 Å². The van der Waals surface area contributed by atoms with Gasteiger partial charge in [-0.2, -0.15) is 5.10 Å². The Labute approximate surface area is 128 Å². The highest BCUT2D eigenvalue weighted by Gasteiger charge is 2.18. The molecule has 2 rings (SSSR count). The van der Waals surface area contributed by atoms with Crippen LogP contribution in [0.25, 0.3) is 0 Å². The highest BCUT2D eigenvalue weighted by molar-refractivity contribution is 5.29. The number of aryl methyl sites for hydroxylation is 3. The van der Waals surface area contributed by atoms with Crippen LogP contribution in [0.3, 0.4) is 0 Å². The fraction of sp³-hybridized carbons (Fsp3) is 0.500. The second kappa shape index (κ2) is 6.44. The molecule has 0 aliphatic heterocycles. The molecule has 0 bridgehead atoms. The van der Waals surface area contributed by atoms with E-state index in [0.717, 1.165) is 12.2 Å². The molecule has 0 fully saturated rings. The van der Waals surface area contributed by atoms with Gasteiger partial charge in [0.15, 0.2) is 0 Å². The number of nitrogens with one attached hydrogen (secondary N) is 1. The maximum absolute atomic E-state index is 4.62. The molecule has 1 heterocycles. The Kier molecular flexibility index (Phi) is 4.84. The van der Waals surface area contributed by atoms with E-state index in [1.54, 1.807) is 0 Å². The molecule has 0 saturated carbocycles. The lowest BCUT2D eigenvalue weighted by molar-refractivity contribution is 0.490. The van der Waals surface area contributed by atoms with Crippen molar-refractivity contribution in [2.45, 2.75) is 60.2 Å². The van der Waals surface area contributed by atoms with E-state index in [2.05, 4.69) is 80.9 Å². The van der Waals surface area contributed by atoms with Gasteiger partial charge in [0.25, 0.3) is 0 Å². The maximum Gasteiger partial charge on any atom is 0.0644 e. The Bertz CT molecular complexity index is 596. The van der Waals surface area contributed by atoms with E-state index in [-0.39, 0.29) is 0 Å². The molecule has 0 spiro atoms. The first-order chi connectivity index (χ1) is 9.93. The minimum absolute atomic E-state index is 0.293. The Balaban J connectivity index is 2.16. The first-order valence-corrected chi connectivity index (χ1v) is 7.80. The Morgan fingerprint density at radius 2 is 1.67 bits per heavy atom. The fourth-order valence-corrected chi connectivity index (χ4v) is 3.06. The van der Waals surface area contributed by atoms with Crippen molar-refractivity contribution in [2.24, 2.45) is 0 Å². The predicted octanol–water partition coefficient (Wildman–Crippen LogP) is 4.24. The van der Waals surface area contributed by atoms with Crippen molar-refractivity contribution < 1.29 is 0 Å². The van der Waals surface area contributed by atoms with Gasteiger partial charge >= 0.3 is 0 Å². The molecule has 2 atom stereocenters. The Morgan fingerprint density at radius 3 is 2.19 bits per heavy atom. The van der Waals surface area contributed by atoms with Gasteiger partial charge in [-0.1, -0.05) is 29.8 Å². The van der Waals surface area contributed by atoms with Crippen LogP contribution >= 0.6 is 0 Å². The molecule has 114 valence electrons. The SMILES string of the molecule is CCn1nc(C)c(C(C)NC(C)c2ccc(C)cc2)c1C. The zero-order valence-electron chi connectivity index (χ0n) is 14.1. The summed E-state index contributed by atoms with van der Waals surface area (Å²) in [6.07, 6.45) is 0. The number of hydrogen-bond donors (Lipinski definition) is 1. The van der Waals surface area contributed by atoms with E-state index >= 15 is 0 Å². The van der Waals surface area contributed by atoms with Crippen molar-refractivity contribution in [3.8, 4) is 0 Å². The number of benzene rings is 1. The van der Waals surface area contributed by atoms with Gasteiger partial charge in [0.1, 0.15) is 0 Å². The lowest BCUT2D eigenvalue weighted by atomic mass is 10.0. The molecule has 0 saturated heterocycles. The van der Waals surface area contributed by atoms with Gasteiger partial charge in [0.05, 0.1) is 5.69 Å². The summed E-state index contributed by atoms with van der Waals surface area (Å²) in [5.74, 6) is 0. The van der Waals surface area contributed by atoms with Crippen molar-refractivity contribution in [1.29, 1.82) is 0 Å². The van der Waals surface area contributed by atoms with Gasteiger partial charge in [-0.05, 0) is 47.1 Å². The molecule has 3 nitrogen and oxygen atoms in total. The highest BCUT2D eigenvalue weighted by Crippen LogP contribution is 2.24. The first kappa shape index (κ1) is 15.8. The molecule has 0 amide bonds. The Morgan fingerprint density at radius 1 is 1.05 bits per heavy atom. The molecule has 3 heteroatoms. The first-order valence-electron chi connectivity index (χ1n) is 7.80. The molecule has 0 radical (unpaired) electrons. The van der Waals surface area contributed by atoms with Crippen LogP contribution in [0.15, 0.2) is 24.3 Å². The van der Waals surface area contributed by atoms with Gasteiger partial charge in [-0.3, -0.25) is 4.68 Å². The number of hydrogen-bond acceptors (Lipinski definition) is 2. The second-order valence-electron chi connectivity index (χ2n) is 5.92. The van der Waals surface area contributed by atoms with Crippen LogP contribution in [0.2, 0.25) is 0 Å². The van der Waals surface area contributed by atoms with Crippen LogP contribution in [0.5, 0.6) is 0 Å². The minimum atomic E-state index is 0.293. The molecule has 2 aromatic rings. The minimum Gasteiger partial charge on any atom is -0.304 e. The monoisotopic (exact) mass is 285 g/mol. The number of nitrogens with zero attached hydrogens (tertiary/aromatic N) is 2. The van der Waals surface area contributed by atoms with E-state index in [4.69, 9.17) is 0 Å². The van der Waals surface area contributed by atoms with Crippen molar-refractivity contribution in [2.75, 3.05) is 0 Å². The van der Waals surface area contributed by atoms with Crippen molar-refractivity contribution in [1.82, 2.24) is 15.1 Å². The zero-order chi connectivity index (χ0) is 15.6. The summed E-state index contributed by atoms with van der Waals surface area (Å²) in [7, 11) is 0. The van der Waals surface area contributed by atoms with Crippen LogP contribution < -0.4 is 5.32 Å². The molecule has 21 heavy (non-hydrogen) atoms. The molecule has 1 aromatic heterocycles. The highest BCUT2D eigenvalue weighted by atomic mass is 15.3. The quantitative estimate of drug-likeness (QED) is 0.890. The summed E-state index contributed by atoms with van der Waals surface area (Å²) in [6.45, 7) is 13.9. The van der Waals surface area contributed by atoms with E-state index in [1.807, 2.05) is 0 Å². The average molecular weight is 285 g/mol. The molecule has 0 aliphatic carbocycles. The van der Waals surface area contributed by atoms with Gasteiger partial charge in [-0.25, -0.2) is 0 Å². The summed E-state index contributed by atoms with van der Waals surface area (Å²) >= 11 is 0. The summed E-state index contributed by atoms with van der Waals surface area (Å²) in [5.41, 5.74) is 6.35. The number of aromatic nitrogens is 2. The smallest absolute Gasteiger partial charge is 0.0644 e. The third-order valence-corrected chi connectivity index (χ3v) is 4.25. The predicted molar refractivity (Wildman–Crippen MR) is 88.5 cm³/mol. The molecule has 0 aliphatic rings. The Hall–Kier alpha value is -1.61. The van der Waals surface area contributed by atoms with Gasteiger partial charge in [0.2, 0.25) is 0 Å². The van der Waals surface area contributed by atoms with Crippen molar-refractivity contribution in [3.63, 3.8) is 0 Å². The van der Waals surface area contributed by atoms with Crippen molar-refractivity contribution >= 4 is 0 Å². The maximum atomic E-state index is 4.62. The second-order valence-corrected chi connectivity index (χ2v) is 5.92. The van der Waals surface area contributed by atoms with E-state index in [9.17, 15) is 0 Å². The lowest BCUT2D eigenvalue weighted by Crippen LogP contribution is -2.23.